The first-order valence-corrected chi connectivity index (χ1v) is 13.2. The van der Waals surface area contributed by atoms with Gasteiger partial charge < -0.3 is 19.5 Å². The van der Waals surface area contributed by atoms with Gasteiger partial charge in [0, 0.05) is 37.3 Å². The topological polar surface area (TPSA) is 62.2 Å². The van der Waals surface area contributed by atoms with Gasteiger partial charge in [-0.25, -0.2) is 0 Å². The number of nitrogens with zero attached hydrogens (tertiary/aromatic N) is 2. The van der Waals surface area contributed by atoms with E-state index in [1.165, 1.54) is 0 Å². The summed E-state index contributed by atoms with van der Waals surface area (Å²) in [5.41, 5.74) is 2.35. The second kappa shape index (κ2) is 12.2. The maximum atomic E-state index is 13.1. The van der Waals surface area contributed by atoms with E-state index in [0.717, 1.165) is 48.9 Å². The van der Waals surface area contributed by atoms with Gasteiger partial charge in [-0.3, -0.25) is 9.69 Å². The van der Waals surface area contributed by atoms with Crippen molar-refractivity contribution in [3.05, 3.63) is 84.2 Å². The number of likely N-dealkylation sites (N-methyl/N-ethyl adjacent to an activating group) is 1. The molecule has 0 saturated carbocycles. The molecule has 1 unspecified atom stereocenters. The summed E-state index contributed by atoms with van der Waals surface area (Å²) >= 11 is 0. The zero-order chi connectivity index (χ0) is 26.4. The maximum Gasteiger partial charge on any atom is 0.178 e. The van der Waals surface area contributed by atoms with Crippen LogP contribution in [0.3, 0.4) is 0 Å². The van der Waals surface area contributed by atoms with E-state index < -0.39 is 5.92 Å². The molecule has 1 N–H and O–H groups in total. The second-order valence-electron chi connectivity index (χ2n) is 9.31. The van der Waals surface area contributed by atoms with Gasteiger partial charge in [0.2, 0.25) is 0 Å². The number of benzene rings is 2. The Balaban J connectivity index is 1.34. The lowest BCUT2D eigenvalue weighted by atomic mass is 9.71. The third-order valence-corrected chi connectivity index (χ3v) is 7.34. The van der Waals surface area contributed by atoms with Crippen LogP contribution in [0.15, 0.2) is 78.6 Å². The Hall–Kier alpha value is -3.51. The number of Topliss-reactive ketones (excluding diaryl/α,β-unsaturated/α-hetero) is 1. The summed E-state index contributed by atoms with van der Waals surface area (Å²) in [7, 11) is 1.65. The number of aliphatic hydroxyl groups excluding tert-OH is 1. The Morgan fingerprint density at radius 1 is 0.838 bits per heavy atom. The normalized spacial score (nSPS) is 20.8. The van der Waals surface area contributed by atoms with Gasteiger partial charge in [0.05, 0.1) is 18.6 Å². The zero-order valence-electron chi connectivity index (χ0n) is 22.3. The summed E-state index contributed by atoms with van der Waals surface area (Å²) in [6.45, 7) is 10.4. The molecule has 0 fully saturated rings. The molecule has 6 heteroatoms. The number of rotatable bonds is 12. The van der Waals surface area contributed by atoms with Crippen LogP contribution in [0, 0.1) is 11.8 Å². The summed E-state index contributed by atoms with van der Waals surface area (Å²) in [6, 6.07) is 15.6. The quantitative estimate of drug-likeness (QED) is 0.386. The lowest BCUT2D eigenvalue weighted by Gasteiger charge is -2.34. The van der Waals surface area contributed by atoms with Gasteiger partial charge in [0.1, 0.15) is 23.9 Å². The van der Waals surface area contributed by atoms with Crippen molar-refractivity contribution >= 4 is 17.0 Å². The molecule has 0 spiro atoms. The van der Waals surface area contributed by atoms with Gasteiger partial charge in [0.25, 0.3) is 0 Å². The molecule has 0 heterocycles. The standard InChI is InChI=1S/C31H38N2O4/c1-5-32(6-2)24-12-8-22(9-13-24)28-30(34)29(31(28)35)23-10-14-25(15-11-23)33(7-3)20-21-37-27-18-16-26(36-4)17-19-27/h8-19,23,25,29,34H,5-7,20-21H2,1-4H3. The Morgan fingerprint density at radius 3 is 2.00 bits per heavy atom. The number of carbonyl (C=O) groups is 1. The van der Waals surface area contributed by atoms with Crippen LogP contribution in [0.25, 0.3) is 5.57 Å². The molecule has 2 aromatic rings. The van der Waals surface area contributed by atoms with Gasteiger partial charge in [-0.1, -0.05) is 43.4 Å². The molecular weight excluding hydrogens is 464 g/mol. The predicted octanol–water partition coefficient (Wildman–Crippen LogP) is 5.52. The maximum absolute atomic E-state index is 13.1. The van der Waals surface area contributed by atoms with E-state index in [2.05, 4.69) is 54.9 Å². The third kappa shape index (κ3) is 5.75. The number of hydrogen-bond donors (Lipinski definition) is 1. The van der Waals surface area contributed by atoms with Crippen LogP contribution < -0.4 is 14.4 Å². The molecule has 2 aliphatic carbocycles. The molecule has 0 aromatic heterocycles. The van der Waals surface area contributed by atoms with Crippen molar-refractivity contribution in [3.63, 3.8) is 0 Å². The lowest BCUT2D eigenvalue weighted by Crippen LogP contribution is -2.39. The third-order valence-electron chi connectivity index (χ3n) is 7.34. The molecular formula is C31H38N2O4. The molecule has 0 bridgehead atoms. The number of methoxy groups -OCH3 is 1. The molecule has 2 aromatic carbocycles. The van der Waals surface area contributed by atoms with E-state index in [9.17, 15) is 9.90 Å². The number of anilines is 1. The van der Waals surface area contributed by atoms with Crippen molar-refractivity contribution in [2.24, 2.45) is 11.8 Å². The second-order valence-corrected chi connectivity index (χ2v) is 9.31. The van der Waals surface area contributed by atoms with Crippen LogP contribution in [0.2, 0.25) is 0 Å². The first-order chi connectivity index (χ1) is 18.0. The van der Waals surface area contributed by atoms with E-state index >= 15 is 0 Å². The van der Waals surface area contributed by atoms with Gasteiger partial charge >= 0.3 is 0 Å². The molecule has 37 heavy (non-hydrogen) atoms. The molecule has 2 aliphatic rings. The van der Waals surface area contributed by atoms with E-state index in [-0.39, 0.29) is 23.5 Å². The molecule has 196 valence electrons. The lowest BCUT2D eigenvalue weighted by molar-refractivity contribution is -0.120. The minimum atomic E-state index is -0.501. The minimum absolute atomic E-state index is 0.00563. The Labute approximate surface area is 220 Å². The molecule has 6 nitrogen and oxygen atoms in total. The van der Waals surface area contributed by atoms with E-state index in [4.69, 9.17) is 9.47 Å². The Bertz CT molecular complexity index is 1130. The van der Waals surface area contributed by atoms with E-state index in [1.807, 2.05) is 48.5 Å². The molecule has 1 atom stereocenters. The minimum Gasteiger partial charge on any atom is -0.511 e. The monoisotopic (exact) mass is 502 g/mol. The number of carbonyl (C=O) groups excluding carboxylic acids is 1. The first-order valence-electron chi connectivity index (χ1n) is 13.2. The van der Waals surface area contributed by atoms with Crippen LogP contribution in [0.1, 0.15) is 26.3 Å². The van der Waals surface area contributed by atoms with Gasteiger partial charge in [-0.2, -0.15) is 0 Å². The summed E-state index contributed by atoms with van der Waals surface area (Å²) in [5, 5.41) is 10.8. The highest BCUT2D eigenvalue weighted by Crippen LogP contribution is 2.42. The van der Waals surface area contributed by atoms with Crippen LogP contribution >= 0.6 is 0 Å². The summed E-state index contributed by atoms with van der Waals surface area (Å²) in [4.78, 5) is 17.6. The van der Waals surface area contributed by atoms with Crippen molar-refractivity contribution in [3.8, 4) is 11.5 Å². The van der Waals surface area contributed by atoms with Gasteiger partial charge in [0.15, 0.2) is 5.78 Å². The fourth-order valence-corrected chi connectivity index (χ4v) is 5.11. The Kier molecular flexibility index (Phi) is 8.72. The fourth-order valence-electron chi connectivity index (χ4n) is 5.11. The van der Waals surface area contributed by atoms with Crippen LogP contribution in [0.4, 0.5) is 5.69 Å². The highest BCUT2D eigenvalue weighted by atomic mass is 16.5. The fraction of sp³-hybridized carbons (Fsp3) is 0.387. The SMILES string of the molecule is CCN(CC)c1ccc(C2=C(O)C(C3C=CC(N(CC)CCOc4ccc(OC)cc4)C=C3)C2=O)cc1. The Morgan fingerprint density at radius 2 is 1.46 bits per heavy atom. The molecule has 0 radical (unpaired) electrons. The van der Waals surface area contributed by atoms with E-state index in [1.54, 1.807) is 7.11 Å². The van der Waals surface area contributed by atoms with Gasteiger partial charge in [-0.05, 0) is 62.4 Å². The van der Waals surface area contributed by atoms with Crippen molar-refractivity contribution in [2.45, 2.75) is 26.8 Å². The number of ketones is 1. The molecule has 4 rings (SSSR count). The predicted molar refractivity (Wildman–Crippen MR) is 149 cm³/mol. The highest BCUT2D eigenvalue weighted by molar-refractivity contribution is 6.29. The molecule has 0 amide bonds. The first kappa shape index (κ1) is 26.6. The summed E-state index contributed by atoms with van der Waals surface area (Å²) in [6.07, 6.45) is 8.35. The van der Waals surface area contributed by atoms with Crippen LogP contribution in [-0.2, 0) is 4.79 Å². The molecule has 0 saturated heterocycles. The van der Waals surface area contributed by atoms with Crippen molar-refractivity contribution in [1.82, 2.24) is 4.90 Å². The summed E-state index contributed by atoms with van der Waals surface area (Å²) in [5.74, 6) is 1.19. The van der Waals surface area contributed by atoms with Crippen molar-refractivity contribution < 1.29 is 19.4 Å². The van der Waals surface area contributed by atoms with Crippen molar-refractivity contribution in [1.29, 1.82) is 0 Å². The summed E-state index contributed by atoms with van der Waals surface area (Å²) < 4.78 is 11.1. The van der Waals surface area contributed by atoms with Crippen molar-refractivity contribution in [2.75, 3.05) is 44.8 Å². The van der Waals surface area contributed by atoms with Crippen LogP contribution in [0.5, 0.6) is 11.5 Å². The number of allylic oxidation sites excluding steroid dienone is 4. The number of ether oxygens (including phenoxy) is 2. The van der Waals surface area contributed by atoms with E-state index in [0.29, 0.717) is 12.2 Å². The smallest absolute Gasteiger partial charge is 0.178 e. The molecule has 0 aliphatic heterocycles. The zero-order valence-corrected chi connectivity index (χ0v) is 22.3. The average Bonchev–Trinajstić information content (AvgIpc) is 2.94. The largest absolute Gasteiger partial charge is 0.511 e. The average molecular weight is 503 g/mol. The highest BCUT2D eigenvalue weighted by Gasteiger charge is 2.43. The number of aliphatic hydroxyl groups is 1. The van der Waals surface area contributed by atoms with Gasteiger partial charge in [-0.15, -0.1) is 0 Å². The number of hydrogen-bond acceptors (Lipinski definition) is 6. The van der Waals surface area contributed by atoms with Crippen LogP contribution in [-0.4, -0.2) is 61.7 Å².